The number of rotatable bonds is 10. The normalized spacial score (nSPS) is 22.7. The maximum absolute atomic E-state index is 13.8. The van der Waals surface area contributed by atoms with E-state index in [2.05, 4.69) is 43.5 Å². The molecule has 2 aromatic carbocycles. The lowest BCUT2D eigenvalue weighted by Crippen LogP contribution is -2.61. The number of likely N-dealkylation sites (N-methyl/N-ethyl adjacent to an activating group) is 1. The summed E-state index contributed by atoms with van der Waals surface area (Å²) in [5.74, 6) is -0.739. The van der Waals surface area contributed by atoms with E-state index in [0.717, 1.165) is 55.6 Å². The summed E-state index contributed by atoms with van der Waals surface area (Å²) in [6.45, 7) is 6.36. The number of anilines is 2. The van der Waals surface area contributed by atoms with Gasteiger partial charge in [0, 0.05) is 86.1 Å². The molecule has 4 aliphatic heterocycles. The van der Waals surface area contributed by atoms with Gasteiger partial charge in [0.05, 0.1) is 17.4 Å². The fraction of sp³-hybridized carbons (Fsp3) is 0.439. The van der Waals surface area contributed by atoms with Gasteiger partial charge in [-0.2, -0.15) is 0 Å². The number of aromatic nitrogens is 2. The van der Waals surface area contributed by atoms with Crippen LogP contribution in [0.5, 0.6) is 5.75 Å². The number of imide groups is 1. The molecule has 0 bridgehead atoms. The average molecular weight is 762 g/mol. The van der Waals surface area contributed by atoms with Crippen LogP contribution in [0.3, 0.4) is 0 Å². The molecule has 5 aliphatic rings. The number of hydrogen-bond donors (Lipinski definition) is 3. The molecule has 5 amide bonds. The van der Waals surface area contributed by atoms with E-state index < -0.39 is 17.9 Å². The molecule has 292 valence electrons. The summed E-state index contributed by atoms with van der Waals surface area (Å²) in [7, 11) is 2.20. The van der Waals surface area contributed by atoms with E-state index in [1.165, 1.54) is 6.20 Å². The maximum Gasteiger partial charge on any atom is 0.261 e. The van der Waals surface area contributed by atoms with Crippen LogP contribution >= 0.6 is 0 Å². The molecule has 1 atom stereocenters. The van der Waals surface area contributed by atoms with Crippen molar-refractivity contribution in [2.24, 2.45) is 5.73 Å². The molecular weight excluding hydrogens is 715 g/mol. The fourth-order valence-electron chi connectivity index (χ4n) is 8.74. The molecule has 56 heavy (non-hydrogen) atoms. The Morgan fingerprint density at radius 1 is 0.929 bits per heavy atom. The molecule has 5 heterocycles. The van der Waals surface area contributed by atoms with E-state index in [-0.39, 0.29) is 47.7 Å². The van der Waals surface area contributed by atoms with Gasteiger partial charge in [0.2, 0.25) is 11.8 Å². The van der Waals surface area contributed by atoms with Crippen LogP contribution in [0.25, 0.3) is 5.57 Å². The highest BCUT2D eigenvalue weighted by Crippen LogP contribution is 2.39. The summed E-state index contributed by atoms with van der Waals surface area (Å²) in [6.07, 6.45) is 8.41. The first kappa shape index (κ1) is 37.1. The Morgan fingerprint density at radius 2 is 1.62 bits per heavy atom. The number of fused-ring (bicyclic) bond motifs is 2. The Morgan fingerprint density at radius 3 is 2.32 bits per heavy atom. The second-order valence-electron chi connectivity index (χ2n) is 15.6. The number of benzene rings is 2. The van der Waals surface area contributed by atoms with E-state index in [9.17, 15) is 24.0 Å². The summed E-state index contributed by atoms with van der Waals surface area (Å²) in [5.41, 5.74) is 10.4. The fourth-order valence-corrected chi connectivity index (χ4v) is 8.74. The van der Waals surface area contributed by atoms with E-state index in [0.29, 0.717) is 54.2 Å². The smallest absolute Gasteiger partial charge is 0.261 e. The number of carbonyl (C=O) groups excluding carboxylic acids is 5. The van der Waals surface area contributed by atoms with Gasteiger partial charge in [-0.3, -0.25) is 34.2 Å². The highest BCUT2D eigenvalue weighted by atomic mass is 16.5. The molecule has 1 aliphatic carbocycles. The zero-order chi connectivity index (χ0) is 39.2. The maximum atomic E-state index is 13.8. The quantitative estimate of drug-likeness (QED) is 0.204. The lowest BCUT2D eigenvalue weighted by Gasteiger charge is -2.49. The number of ether oxygens (including phenoxy) is 1. The van der Waals surface area contributed by atoms with Gasteiger partial charge in [-0.25, -0.2) is 9.97 Å². The summed E-state index contributed by atoms with van der Waals surface area (Å²) < 4.78 is 6.08. The van der Waals surface area contributed by atoms with Gasteiger partial charge in [-0.05, 0) is 101 Å². The molecule has 3 fully saturated rings. The predicted molar refractivity (Wildman–Crippen MR) is 207 cm³/mol. The molecular formula is C41H47N9O6. The van der Waals surface area contributed by atoms with Crippen molar-refractivity contribution in [2.75, 3.05) is 30.4 Å². The van der Waals surface area contributed by atoms with Gasteiger partial charge in [0.1, 0.15) is 11.8 Å². The van der Waals surface area contributed by atoms with Crippen molar-refractivity contribution in [3.05, 3.63) is 83.1 Å². The second-order valence-corrected chi connectivity index (χ2v) is 15.6. The number of nitrogens with zero attached hydrogens (tertiary/aromatic N) is 6. The number of amides is 5. The molecule has 1 aromatic heterocycles. The Kier molecular flexibility index (Phi) is 9.95. The van der Waals surface area contributed by atoms with Crippen LogP contribution in [0.2, 0.25) is 0 Å². The van der Waals surface area contributed by atoms with Gasteiger partial charge in [0.25, 0.3) is 17.7 Å². The van der Waals surface area contributed by atoms with Crippen molar-refractivity contribution in [3.63, 3.8) is 0 Å². The standard InChI is InChI=1S/C41H47N9O6/c1-23(2)56-35-17-31-25(16-33(35)45-38(52)32(18-42)37-43-13-4-14-44-37)19-49(41(31)55)27-7-5-26(6-8-27)47(3)29-21-48(22-29)28-9-10-30-24(15-28)20-50(40(30)54)34-11-12-36(51)46-39(34)53/h4,9-10,13-18,23,26-27,29,34H,5-8,11-12,19-22,42H2,1-3H3,(H,45,52)(H,46,51,53)/b32-18+. The van der Waals surface area contributed by atoms with E-state index in [1.54, 1.807) is 29.4 Å². The second kappa shape index (κ2) is 15.0. The van der Waals surface area contributed by atoms with Crippen molar-refractivity contribution in [1.29, 1.82) is 0 Å². The Bertz CT molecular complexity index is 2110. The van der Waals surface area contributed by atoms with Crippen LogP contribution in [-0.2, 0) is 27.5 Å². The lowest BCUT2D eigenvalue weighted by molar-refractivity contribution is -0.137. The topological polar surface area (TPSA) is 183 Å². The zero-order valence-corrected chi connectivity index (χ0v) is 31.9. The third kappa shape index (κ3) is 6.95. The average Bonchev–Trinajstić information content (AvgIpc) is 3.66. The minimum atomic E-state index is -0.624. The summed E-state index contributed by atoms with van der Waals surface area (Å²) in [5, 5.41) is 5.28. The summed E-state index contributed by atoms with van der Waals surface area (Å²) >= 11 is 0. The van der Waals surface area contributed by atoms with Crippen LogP contribution in [0.1, 0.15) is 90.0 Å². The van der Waals surface area contributed by atoms with Crippen LogP contribution in [0.4, 0.5) is 11.4 Å². The number of carbonyl (C=O) groups is 5. The van der Waals surface area contributed by atoms with Crippen molar-refractivity contribution in [2.45, 2.75) is 95.7 Å². The Hall–Kier alpha value is -5.83. The molecule has 8 rings (SSSR count). The van der Waals surface area contributed by atoms with Crippen LogP contribution < -0.4 is 26.0 Å². The van der Waals surface area contributed by atoms with Crippen LogP contribution in [-0.4, -0.2) is 105 Å². The minimum Gasteiger partial charge on any atom is -0.489 e. The van der Waals surface area contributed by atoms with E-state index in [4.69, 9.17) is 10.5 Å². The Balaban J connectivity index is 0.860. The zero-order valence-electron chi connectivity index (χ0n) is 31.9. The lowest BCUT2D eigenvalue weighted by atomic mass is 9.88. The highest BCUT2D eigenvalue weighted by molar-refractivity contribution is 6.24. The van der Waals surface area contributed by atoms with Crippen molar-refractivity contribution < 1.29 is 28.7 Å². The molecule has 15 heteroatoms. The van der Waals surface area contributed by atoms with Crippen molar-refractivity contribution in [1.82, 2.24) is 30.0 Å². The summed E-state index contributed by atoms with van der Waals surface area (Å²) in [6, 6.07) is 11.4. The monoisotopic (exact) mass is 761 g/mol. The number of nitrogens with one attached hydrogen (secondary N) is 2. The first-order chi connectivity index (χ1) is 27.0. The molecule has 2 saturated heterocycles. The molecule has 15 nitrogen and oxygen atoms in total. The predicted octanol–water partition coefficient (Wildman–Crippen LogP) is 3.05. The number of piperidine rings is 1. The largest absolute Gasteiger partial charge is 0.489 e. The van der Waals surface area contributed by atoms with Gasteiger partial charge < -0.3 is 30.5 Å². The Labute approximate surface area is 325 Å². The minimum absolute atomic E-state index is 0.0190. The summed E-state index contributed by atoms with van der Waals surface area (Å²) in [4.78, 5) is 81.1. The van der Waals surface area contributed by atoms with Gasteiger partial charge in [0.15, 0.2) is 5.82 Å². The first-order valence-corrected chi connectivity index (χ1v) is 19.4. The number of hydrogen-bond acceptors (Lipinski definition) is 11. The molecule has 1 saturated carbocycles. The van der Waals surface area contributed by atoms with Gasteiger partial charge in [-0.1, -0.05) is 0 Å². The molecule has 1 unspecified atom stereocenters. The van der Waals surface area contributed by atoms with Gasteiger partial charge in [-0.15, -0.1) is 0 Å². The van der Waals surface area contributed by atoms with Crippen molar-refractivity contribution in [3.8, 4) is 5.75 Å². The van der Waals surface area contributed by atoms with Crippen LogP contribution in [0.15, 0.2) is 55.0 Å². The molecule has 3 aromatic rings. The van der Waals surface area contributed by atoms with Crippen LogP contribution in [0, 0.1) is 0 Å². The molecule has 0 spiro atoms. The van der Waals surface area contributed by atoms with Crippen molar-refractivity contribution >= 4 is 46.5 Å². The SMILES string of the molecule is CC(C)Oc1cc2c(cc1NC(=O)/C(=C/N)c1ncccn1)CN(C1CCC(N(C)C3CN(c4ccc5c(c4)CN(C4CCC(=O)NC4=O)C5=O)C3)CC1)C2=O. The molecule has 4 N–H and O–H groups in total. The van der Waals surface area contributed by atoms with E-state index >= 15 is 0 Å². The molecule has 0 radical (unpaired) electrons. The first-order valence-electron chi connectivity index (χ1n) is 19.4. The van der Waals surface area contributed by atoms with Gasteiger partial charge >= 0.3 is 0 Å². The highest BCUT2D eigenvalue weighted by Gasteiger charge is 2.42. The van der Waals surface area contributed by atoms with E-state index in [1.807, 2.05) is 36.9 Å². The number of nitrogens with two attached hydrogens (primary N) is 1. The third-order valence-corrected chi connectivity index (χ3v) is 11.9. The third-order valence-electron chi connectivity index (χ3n) is 11.9.